The van der Waals surface area contributed by atoms with Gasteiger partial charge in [-0.05, 0) is 30.2 Å². The lowest BCUT2D eigenvalue weighted by Crippen LogP contribution is -2.60. The number of nitrogens with zero attached hydrogens (tertiary/aromatic N) is 2. The van der Waals surface area contributed by atoms with E-state index >= 15 is 0 Å². The molecule has 2 amide bonds. The number of hydrogen-bond acceptors (Lipinski definition) is 3. The van der Waals surface area contributed by atoms with E-state index in [0.29, 0.717) is 11.4 Å². The van der Waals surface area contributed by atoms with Crippen LogP contribution in [0.4, 0.5) is 16.2 Å². The second kappa shape index (κ2) is 6.12. The quantitative estimate of drug-likeness (QED) is 0.870. The smallest absolute Gasteiger partial charge is 0.329 e. The summed E-state index contributed by atoms with van der Waals surface area (Å²) in [4.78, 5) is 32.3. The molecule has 1 aliphatic rings. The molecular formula is C18H18N2O3. The standard InChI is InChI=1S/C18H18N2O3/c1-13(2)16-17(21)23-20(15-11-7-4-8-12-15)18(22)19(16)14-9-5-3-6-10-14/h3-13,16H,1-2H3. The van der Waals surface area contributed by atoms with Crippen LogP contribution in [0.5, 0.6) is 0 Å². The van der Waals surface area contributed by atoms with Gasteiger partial charge < -0.3 is 4.84 Å². The van der Waals surface area contributed by atoms with Crippen LogP contribution in [0, 0.1) is 5.92 Å². The minimum atomic E-state index is -0.648. The lowest BCUT2D eigenvalue weighted by molar-refractivity contribution is -0.148. The second-order valence-electron chi connectivity index (χ2n) is 5.72. The fourth-order valence-corrected chi connectivity index (χ4v) is 2.66. The summed E-state index contributed by atoms with van der Waals surface area (Å²) in [5.74, 6) is -0.503. The third kappa shape index (κ3) is 2.77. The van der Waals surface area contributed by atoms with Crippen molar-refractivity contribution in [2.75, 3.05) is 9.96 Å². The van der Waals surface area contributed by atoms with Gasteiger partial charge in [-0.1, -0.05) is 50.2 Å². The first-order valence-electron chi connectivity index (χ1n) is 7.55. The van der Waals surface area contributed by atoms with E-state index in [1.165, 1.54) is 4.90 Å². The van der Waals surface area contributed by atoms with E-state index in [1.54, 1.807) is 24.3 Å². The van der Waals surface area contributed by atoms with E-state index in [4.69, 9.17) is 4.84 Å². The van der Waals surface area contributed by atoms with Gasteiger partial charge in [-0.25, -0.2) is 9.59 Å². The molecule has 23 heavy (non-hydrogen) atoms. The van der Waals surface area contributed by atoms with Gasteiger partial charge in [0.15, 0.2) is 0 Å². The lowest BCUT2D eigenvalue weighted by atomic mass is 10.0. The Hall–Kier alpha value is -2.82. The summed E-state index contributed by atoms with van der Waals surface area (Å²) in [7, 11) is 0. The lowest BCUT2D eigenvalue weighted by Gasteiger charge is -2.40. The first kappa shape index (κ1) is 15.1. The number of amides is 2. The minimum absolute atomic E-state index is 0.0652. The first-order valence-corrected chi connectivity index (χ1v) is 7.55. The van der Waals surface area contributed by atoms with E-state index in [2.05, 4.69) is 0 Å². The molecule has 118 valence electrons. The number of para-hydroxylation sites is 2. The Morgan fingerprint density at radius 3 is 1.91 bits per heavy atom. The largest absolute Gasteiger partial charge is 0.363 e. The van der Waals surface area contributed by atoms with Crippen LogP contribution in [-0.2, 0) is 9.63 Å². The van der Waals surface area contributed by atoms with Gasteiger partial charge in [-0.2, -0.15) is 0 Å². The predicted octanol–water partition coefficient (Wildman–Crippen LogP) is 3.62. The highest BCUT2D eigenvalue weighted by molar-refractivity contribution is 6.09. The molecule has 0 bridgehead atoms. The summed E-state index contributed by atoms with van der Waals surface area (Å²) < 4.78 is 0. The zero-order valence-corrected chi connectivity index (χ0v) is 13.0. The van der Waals surface area contributed by atoms with Gasteiger partial charge in [0.2, 0.25) is 0 Å². The Morgan fingerprint density at radius 2 is 1.39 bits per heavy atom. The molecule has 2 aromatic carbocycles. The van der Waals surface area contributed by atoms with Gasteiger partial charge in [0.1, 0.15) is 6.04 Å². The van der Waals surface area contributed by atoms with Gasteiger partial charge in [0.25, 0.3) is 0 Å². The number of rotatable bonds is 3. The third-order valence-electron chi connectivity index (χ3n) is 3.74. The monoisotopic (exact) mass is 310 g/mol. The number of carbonyl (C=O) groups is 2. The Labute approximate surface area is 135 Å². The van der Waals surface area contributed by atoms with Crippen LogP contribution >= 0.6 is 0 Å². The fraction of sp³-hybridized carbons (Fsp3) is 0.222. The Balaban J connectivity index is 2.04. The van der Waals surface area contributed by atoms with Crippen molar-refractivity contribution < 1.29 is 14.4 Å². The third-order valence-corrected chi connectivity index (χ3v) is 3.74. The van der Waals surface area contributed by atoms with Crippen LogP contribution in [0.3, 0.4) is 0 Å². The van der Waals surface area contributed by atoms with Crippen LogP contribution in [-0.4, -0.2) is 18.0 Å². The summed E-state index contributed by atoms with van der Waals surface area (Å²) in [5, 5.41) is 1.05. The van der Waals surface area contributed by atoms with E-state index in [1.807, 2.05) is 50.2 Å². The first-order chi connectivity index (χ1) is 11.1. The molecule has 1 atom stereocenters. The molecule has 0 radical (unpaired) electrons. The van der Waals surface area contributed by atoms with E-state index in [0.717, 1.165) is 5.06 Å². The molecule has 3 rings (SSSR count). The highest BCUT2D eigenvalue weighted by Gasteiger charge is 2.44. The molecule has 1 saturated heterocycles. The number of carbonyl (C=O) groups excluding carboxylic acids is 2. The zero-order chi connectivity index (χ0) is 16.4. The summed E-state index contributed by atoms with van der Waals surface area (Å²) >= 11 is 0. The summed E-state index contributed by atoms with van der Waals surface area (Å²) in [6.45, 7) is 3.79. The van der Waals surface area contributed by atoms with E-state index in [-0.39, 0.29) is 11.9 Å². The Bertz CT molecular complexity index is 701. The average molecular weight is 310 g/mol. The molecule has 0 aromatic heterocycles. The summed E-state index contributed by atoms with van der Waals surface area (Å²) in [6, 6.07) is 17.0. The number of hydroxylamine groups is 1. The maximum Gasteiger partial charge on any atom is 0.363 e. The molecule has 0 spiro atoms. The van der Waals surface area contributed by atoms with Crippen molar-refractivity contribution in [1.29, 1.82) is 0 Å². The van der Waals surface area contributed by atoms with E-state index in [9.17, 15) is 9.59 Å². The highest BCUT2D eigenvalue weighted by atomic mass is 16.7. The van der Waals surface area contributed by atoms with Gasteiger partial charge in [-0.15, -0.1) is 5.06 Å². The van der Waals surface area contributed by atoms with E-state index < -0.39 is 12.0 Å². The number of benzene rings is 2. The molecule has 1 fully saturated rings. The van der Waals surface area contributed by atoms with Crippen LogP contribution in [0.15, 0.2) is 60.7 Å². The van der Waals surface area contributed by atoms with Crippen LogP contribution in [0.25, 0.3) is 0 Å². The number of urea groups is 1. The topological polar surface area (TPSA) is 49.9 Å². The normalized spacial score (nSPS) is 18.3. The zero-order valence-electron chi connectivity index (χ0n) is 13.0. The number of hydrogen-bond donors (Lipinski definition) is 0. The molecule has 5 heteroatoms. The van der Waals surface area contributed by atoms with Crippen LogP contribution in [0.2, 0.25) is 0 Å². The maximum absolute atomic E-state index is 13.0. The molecule has 0 saturated carbocycles. The van der Waals surface area contributed by atoms with Gasteiger partial charge in [0, 0.05) is 5.69 Å². The fourth-order valence-electron chi connectivity index (χ4n) is 2.66. The molecule has 1 aliphatic heterocycles. The summed E-state index contributed by atoms with van der Waals surface area (Å²) in [5.41, 5.74) is 1.20. The molecule has 1 heterocycles. The van der Waals surface area contributed by atoms with Crippen molar-refractivity contribution in [3.63, 3.8) is 0 Å². The molecule has 0 aliphatic carbocycles. The van der Waals surface area contributed by atoms with Gasteiger partial charge in [0.05, 0.1) is 5.69 Å². The molecule has 5 nitrogen and oxygen atoms in total. The van der Waals surface area contributed by atoms with Crippen LogP contribution < -0.4 is 9.96 Å². The number of anilines is 2. The Morgan fingerprint density at radius 1 is 0.870 bits per heavy atom. The van der Waals surface area contributed by atoms with Gasteiger partial charge >= 0.3 is 12.0 Å². The summed E-state index contributed by atoms with van der Waals surface area (Å²) in [6.07, 6.45) is 0. The van der Waals surface area contributed by atoms with Crippen molar-refractivity contribution >= 4 is 23.4 Å². The van der Waals surface area contributed by atoms with Gasteiger partial charge in [-0.3, -0.25) is 4.90 Å². The van der Waals surface area contributed by atoms with Crippen molar-refractivity contribution in [3.05, 3.63) is 60.7 Å². The van der Waals surface area contributed by atoms with Crippen molar-refractivity contribution in [2.24, 2.45) is 5.92 Å². The van der Waals surface area contributed by atoms with Crippen molar-refractivity contribution in [1.82, 2.24) is 0 Å². The molecule has 2 aromatic rings. The minimum Gasteiger partial charge on any atom is -0.329 e. The van der Waals surface area contributed by atoms with Crippen molar-refractivity contribution in [2.45, 2.75) is 19.9 Å². The average Bonchev–Trinajstić information content (AvgIpc) is 2.57. The molecule has 1 unspecified atom stereocenters. The predicted molar refractivity (Wildman–Crippen MR) is 88.0 cm³/mol. The highest BCUT2D eigenvalue weighted by Crippen LogP contribution is 2.30. The molecular weight excluding hydrogens is 292 g/mol. The van der Waals surface area contributed by atoms with Crippen molar-refractivity contribution in [3.8, 4) is 0 Å². The second-order valence-corrected chi connectivity index (χ2v) is 5.72. The van der Waals surface area contributed by atoms with Crippen LogP contribution in [0.1, 0.15) is 13.8 Å². The molecule has 0 N–H and O–H groups in total. The Kier molecular flexibility index (Phi) is 4.02. The maximum atomic E-state index is 13.0. The SMILES string of the molecule is CC(C)C1C(=O)ON(c2ccccc2)C(=O)N1c1ccccc1.